The van der Waals surface area contributed by atoms with Gasteiger partial charge >= 0.3 is 0 Å². The molecule has 1 aliphatic rings. The zero-order valence-electron chi connectivity index (χ0n) is 11.7. The lowest BCUT2D eigenvalue weighted by Gasteiger charge is -2.04. The van der Waals surface area contributed by atoms with Gasteiger partial charge in [-0.25, -0.2) is 4.57 Å². The van der Waals surface area contributed by atoms with Gasteiger partial charge in [0.1, 0.15) is 11.9 Å². The summed E-state index contributed by atoms with van der Waals surface area (Å²) in [5.74, 6) is 1.38. The van der Waals surface area contributed by atoms with E-state index < -0.39 is 0 Å². The molecule has 0 unspecified atom stereocenters. The lowest BCUT2D eigenvalue weighted by atomic mass is 10.1. The van der Waals surface area contributed by atoms with Gasteiger partial charge in [-0.05, 0) is 42.8 Å². The fourth-order valence-electron chi connectivity index (χ4n) is 3.09. The van der Waals surface area contributed by atoms with Crippen molar-refractivity contribution < 1.29 is 4.57 Å². The Morgan fingerprint density at radius 1 is 0.952 bits per heavy atom. The van der Waals surface area contributed by atoms with Crippen molar-refractivity contribution in [3.8, 4) is 16.9 Å². The maximum Gasteiger partial charge on any atom is 0.262 e. The third-order valence-corrected chi connectivity index (χ3v) is 4.31. The number of nitrogens with zero attached hydrogens (tertiary/aromatic N) is 2. The molecule has 0 radical (unpaired) electrons. The quantitative estimate of drug-likeness (QED) is 0.631. The average molecular weight is 296 g/mol. The van der Waals surface area contributed by atoms with Crippen molar-refractivity contribution >= 4 is 11.6 Å². The van der Waals surface area contributed by atoms with E-state index in [9.17, 15) is 0 Å². The number of hydrogen-bond donors (Lipinski definition) is 0. The molecule has 0 fully saturated rings. The van der Waals surface area contributed by atoms with Crippen LogP contribution in [0.15, 0.2) is 60.8 Å². The van der Waals surface area contributed by atoms with Crippen LogP contribution < -0.4 is 4.57 Å². The van der Waals surface area contributed by atoms with Crippen LogP contribution in [-0.4, -0.2) is 4.57 Å². The Hall–Kier alpha value is -2.06. The van der Waals surface area contributed by atoms with Crippen LogP contribution in [0.1, 0.15) is 12.2 Å². The van der Waals surface area contributed by atoms with Gasteiger partial charge in [-0.1, -0.05) is 29.8 Å². The van der Waals surface area contributed by atoms with E-state index in [4.69, 9.17) is 11.6 Å². The van der Waals surface area contributed by atoms with Crippen molar-refractivity contribution in [3.05, 3.63) is 71.6 Å². The Kier molecular flexibility index (Phi) is 3.04. The van der Waals surface area contributed by atoms with Gasteiger partial charge in [0, 0.05) is 10.6 Å². The second kappa shape index (κ2) is 5.05. The molecule has 3 heteroatoms. The normalized spacial score (nSPS) is 13.4. The largest absolute Gasteiger partial charge is 0.262 e. The van der Waals surface area contributed by atoms with E-state index in [2.05, 4.69) is 57.8 Å². The first kappa shape index (κ1) is 12.7. The summed E-state index contributed by atoms with van der Waals surface area (Å²) in [5.41, 5.74) is 3.65. The van der Waals surface area contributed by atoms with Crippen molar-refractivity contribution in [3.63, 3.8) is 0 Å². The summed E-state index contributed by atoms with van der Waals surface area (Å²) in [5, 5.41) is 0.775. The molecule has 21 heavy (non-hydrogen) atoms. The molecule has 0 saturated heterocycles. The maximum atomic E-state index is 6.02. The minimum absolute atomic E-state index is 0.775. The number of aryl methyl sites for hydroxylation is 1. The molecule has 0 bridgehead atoms. The molecule has 2 nitrogen and oxygen atoms in total. The van der Waals surface area contributed by atoms with Crippen LogP contribution in [0.4, 0.5) is 0 Å². The molecule has 3 aromatic rings. The number of benzene rings is 2. The Bertz CT molecular complexity index is 773. The van der Waals surface area contributed by atoms with E-state index in [1.165, 1.54) is 29.2 Å². The third kappa shape index (κ3) is 2.16. The summed E-state index contributed by atoms with van der Waals surface area (Å²) in [4.78, 5) is 0. The van der Waals surface area contributed by atoms with Gasteiger partial charge in [-0.3, -0.25) is 0 Å². The minimum Gasteiger partial charge on any atom is -0.233 e. The molecule has 0 saturated carbocycles. The van der Waals surface area contributed by atoms with E-state index >= 15 is 0 Å². The van der Waals surface area contributed by atoms with Crippen molar-refractivity contribution in [1.82, 2.24) is 4.57 Å². The molecule has 0 atom stereocenters. The van der Waals surface area contributed by atoms with Crippen LogP contribution in [0, 0.1) is 0 Å². The van der Waals surface area contributed by atoms with Crippen molar-refractivity contribution in [1.29, 1.82) is 0 Å². The SMILES string of the molecule is Clc1ccc(-c2c[n+]3c(n2-c2ccccc2)CCC3)cc1. The summed E-state index contributed by atoms with van der Waals surface area (Å²) in [6.07, 6.45) is 4.62. The number of fused-ring (bicyclic) bond motifs is 1. The van der Waals surface area contributed by atoms with Gasteiger partial charge < -0.3 is 0 Å². The highest BCUT2D eigenvalue weighted by atomic mass is 35.5. The first-order valence-electron chi connectivity index (χ1n) is 7.28. The molecule has 0 aliphatic carbocycles. The molecular formula is C18H16ClN2+. The molecule has 1 aromatic heterocycles. The average Bonchev–Trinajstić information content (AvgIpc) is 3.09. The van der Waals surface area contributed by atoms with Crippen molar-refractivity contribution in [2.75, 3.05) is 0 Å². The second-order valence-electron chi connectivity index (χ2n) is 5.41. The van der Waals surface area contributed by atoms with Crippen LogP contribution in [0.3, 0.4) is 0 Å². The van der Waals surface area contributed by atoms with Gasteiger partial charge in [-0.15, -0.1) is 0 Å². The van der Waals surface area contributed by atoms with E-state index in [0.29, 0.717) is 0 Å². The Balaban J connectivity index is 1.94. The topological polar surface area (TPSA) is 8.81 Å². The Morgan fingerprint density at radius 2 is 1.71 bits per heavy atom. The fourth-order valence-corrected chi connectivity index (χ4v) is 3.22. The molecule has 4 rings (SSSR count). The monoisotopic (exact) mass is 295 g/mol. The minimum atomic E-state index is 0.775. The van der Waals surface area contributed by atoms with Crippen LogP contribution in [0.25, 0.3) is 16.9 Å². The summed E-state index contributed by atoms with van der Waals surface area (Å²) in [6, 6.07) is 18.7. The van der Waals surface area contributed by atoms with Crippen LogP contribution in [0.5, 0.6) is 0 Å². The van der Waals surface area contributed by atoms with Crippen LogP contribution in [-0.2, 0) is 13.0 Å². The summed E-state index contributed by atoms with van der Waals surface area (Å²) in [6.45, 7) is 1.11. The van der Waals surface area contributed by atoms with E-state index in [1.54, 1.807) is 0 Å². The maximum absolute atomic E-state index is 6.02. The molecule has 104 valence electrons. The number of rotatable bonds is 2. The standard InChI is InChI=1S/C18H16ClN2/c19-15-10-8-14(9-11-15)17-13-20-12-4-7-18(20)21(17)16-5-2-1-3-6-16/h1-3,5-6,8-11,13H,4,7,12H2/q+1. The highest BCUT2D eigenvalue weighted by Gasteiger charge is 2.29. The second-order valence-corrected chi connectivity index (χ2v) is 5.84. The molecule has 0 amide bonds. The van der Waals surface area contributed by atoms with Gasteiger partial charge in [0.15, 0.2) is 5.69 Å². The van der Waals surface area contributed by atoms with E-state index in [-0.39, 0.29) is 0 Å². The zero-order valence-corrected chi connectivity index (χ0v) is 12.4. The van der Waals surface area contributed by atoms with Crippen molar-refractivity contribution in [2.24, 2.45) is 0 Å². The Morgan fingerprint density at radius 3 is 2.48 bits per heavy atom. The van der Waals surface area contributed by atoms with Gasteiger partial charge in [0.25, 0.3) is 5.82 Å². The fraction of sp³-hybridized carbons (Fsp3) is 0.167. The van der Waals surface area contributed by atoms with Crippen LogP contribution >= 0.6 is 11.6 Å². The number of hydrogen-bond acceptors (Lipinski definition) is 0. The highest BCUT2D eigenvalue weighted by molar-refractivity contribution is 6.30. The number of para-hydroxylation sites is 1. The van der Waals surface area contributed by atoms with Crippen LogP contribution in [0.2, 0.25) is 5.02 Å². The number of halogens is 1. The zero-order chi connectivity index (χ0) is 14.2. The Labute approximate surface area is 129 Å². The van der Waals surface area contributed by atoms with E-state index in [0.717, 1.165) is 18.0 Å². The lowest BCUT2D eigenvalue weighted by Crippen LogP contribution is -2.30. The predicted octanol–water partition coefficient (Wildman–Crippen LogP) is 4.03. The van der Waals surface area contributed by atoms with E-state index in [1.807, 2.05) is 12.1 Å². The summed E-state index contributed by atoms with van der Waals surface area (Å²) >= 11 is 6.02. The molecule has 2 aromatic carbocycles. The smallest absolute Gasteiger partial charge is 0.233 e. The molecule has 0 N–H and O–H groups in total. The van der Waals surface area contributed by atoms with Gasteiger partial charge in [0.05, 0.1) is 13.0 Å². The number of imidazole rings is 1. The molecule has 2 heterocycles. The highest BCUT2D eigenvalue weighted by Crippen LogP contribution is 2.27. The summed E-state index contributed by atoms with van der Waals surface area (Å²) in [7, 11) is 0. The molecule has 1 aliphatic heterocycles. The predicted molar refractivity (Wildman–Crippen MR) is 84.7 cm³/mol. The van der Waals surface area contributed by atoms with Crippen molar-refractivity contribution in [2.45, 2.75) is 19.4 Å². The summed E-state index contributed by atoms with van der Waals surface area (Å²) < 4.78 is 4.74. The van der Waals surface area contributed by atoms with Gasteiger partial charge in [-0.2, -0.15) is 4.57 Å². The first-order valence-corrected chi connectivity index (χ1v) is 7.66. The third-order valence-electron chi connectivity index (χ3n) is 4.06. The van der Waals surface area contributed by atoms with Gasteiger partial charge in [0.2, 0.25) is 0 Å². The first-order chi connectivity index (χ1) is 10.3. The molecular weight excluding hydrogens is 280 g/mol. The molecule has 0 spiro atoms. The number of aromatic nitrogens is 2. The lowest BCUT2D eigenvalue weighted by molar-refractivity contribution is -0.689.